The van der Waals surface area contributed by atoms with E-state index in [1.807, 2.05) is 0 Å². The minimum atomic E-state index is 0.351. The highest BCUT2D eigenvalue weighted by atomic mass is 14.6. The summed E-state index contributed by atoms with van der Waals surface area (Å²) in [6.07, 6.45) is 13.8. The van der Waals surface area contributed by atoms with Gasteiger partial charge in [0.1, 0.15) is 0 Å². The van der Waals surface area contributed by atoms with Gasteiger partial charge in [-0.2, -0.15) is 0 Å². The van der Waals surface area contributed by atoms with Gasteiger partial charge in [0.25, 0.3) is 0 Å². The summed E-state index contributed by atoms with van der Waals surface area (Å²) in [5.74, 6) is 3.54. The van der Waals surface area contributed by atoms with Gasteiger partial charge in [0.05, 0.1) is 0 Å². The fourth-order valence-corrected chi connectivity index (χ4v) is 2.06. The zero-order valence-corrected chi connectivity index (χ0v) is 7.76. The maximum atomic E-state index is 5.94. The van der Waals surface area contributed by atoms with Gasteiger partial charge in [-0.3, -0.25) is 0 Å². The van der Waals surface area contributed by atoms with Gasteiger partial charge < -0.3 is 5.73 Å². The van der Waals surface area contributed by atoms with Crippen molar-refractivity contribution in [2.24, 2.45) is 11.7 Å². The number of hydrogen-bond acceptors (Lipinski definition) is 1. The molecule has 1 fully saturated rings. The quantitative estimate of drug-likeness (QED) is 0.636. The molecule has 0 aliphatic heterocycles. The van der Waals surface area contributed by atoms with Gasteiger partial charge in [-0.25, -0.2) is 0 Å². The van der Waals surface area contributed by atoms with Gasteiger partial charge in [-0.1, -0.05) is 25.7 Å². The monoisotopic (exact) mass is 165 g/mol. The Morgan fingerprint density at radius 3 is 2.67 bits per heavy atom. The maximum absolute atomic E-state index is 5.94. The predicted molar refractivity (Wildman–Crippen MR) is 52.6 cm³/mol. The molecular weight excluding hydrogens is 146 g/mol. The van der Waals surface area contributed by atoms with Crippen LogP contribution in [-0.4, -0.2) is 6.04 Å². The number of nitrogens with two attached hydrogens (primary N) is 1. The summed E-state index contributed by atoms with van der Waals surface area (Å²) in [5, 5.41) is 0. The third-order valence-electron chi connectivity index (χ3n) is 2.77. The Balaban J connectivity index is 2.08. The molecule has 1 aliphatic carbocycles. The van der Waals surface area contributed by atoms with Crippen LogP contribution in [0, 0.1) is 18.3 Å². The zero-order valence-electron chi connectivity index (χ0n) is 7.76. The van der Waals surface area contributed by atoms with Crippen molar-refractivity contribution in [3.8, 4) is 12.3 Å². The van der Waals surface area contributed by atoms with Gasteiger partial charge in [0, 0.05) is 12.5 Å². The normalized spacial score (nSPS) is 20.7. The molecule has 1 nitrogen and oxygen atoms in total. The van der Waals surface area contributed by atoms with Crippen molar-refractivity contribution in [2.45, 2.75) is 51.0 Å². The Morgan fingerprint density at radius 2 is 2.08 bits per heavy atom. The van der Waals surface area contributed by atoms with E-state index in [9.17, 15) is 0 Å². The molecule has 1 saturated carbocycles. The van der Waals surface area contributed by atoms with Crippen LogP contribution in [0.25, 0.3) is 0 Å². The Kier molecular flexibility index (Phi) is 4.18. The molecule has 0 saturated heterocycles. The molecule has 0 radical (unpaired) electrons. The summed E-state index contributed by atoms with van der Waals surface area (Å²) in [6.45, 7) is 0. The van der Waals surface area contributed by atoms with Crippen LogP contribution in [0.2, 0.25) is 0 Å². The van der Waals surface area contributed by atoms with E-state index in [2.05, 4.69) is 5.92 Å². The van der Waals surface area contributed by atoms with Crippen LogP contribution < -0.4 is 5.73 Å². The van der Waals surface area contributed by atoms with Crippen molar-refractivity contribution in [1.82, 2.24) is 0 Å². The van der Waals surface area contributed by atoms with E-state index in [4.69, 9.17) is 12.2 Å². The topological polar surface area (TPSA) is 26.0 Å². The summed E-state index contributed by atoms with van der Waals surface area (Å²) >= 11 is 0. The molecule has 1 aliphatic rings. The number of hydrogen-bond donors (Lipinski definition) is 1. The van der Waals surface area contributed by atoms with E-state index in [0.29, 0.717) is 6.04 Å². The van der Waals surface area contributed by atoms with Crippen molar-refractivity contribution >= 4 is 0 Å². The van der Waals surface area contributed by atoms with Crippen molar-refractivity contribution in [3.63, 3.8) is 0 Å². The minimum Gasteiger partial charge on any atom is -0.328 e. The van der Waals surface area contributed by atoms with Gasteiger partial charge in [0.15, 0.2) is 0 Å². The van der Waals surface area contributed by atoms with E-state index >= 15 is 0 Å². The zero-order chi connectivity index (χ0) is 8.81. The fourth-order valence-electron chi connectivity index (χ4n) is 2.06. The van der Waals surface area contributed by atoms with Crippen molar-refractivity contribution in [1.29, 1.82) is 0 Å². The minimum absolute atomic E-state index is 0.351. The van der Waals surface area contributed by atoms with Crippen LogP contribution in [0.3, 0.4) is 0 Å². The third kappa shape index (κ3) is 3.28. The molecule has 1 heteroatoms. The fraction of sp³-hybridized carbons (Fsp3) is 0.818. The molecule has 0 aromatic carbocycles. The molecule has 2 N–H and O–H groups in total. The molecule has 68 valence electrons. The molecule has 1 rings (SSSR count). The Morgan fingerprint density at radius 1 is 1.42 bits per heavy atom. The molecule has 0 spiro atoms. The smallest absolute Gasteiger partial charge is 0.0101 e. The van der Waals surface area contributed by atoms with Crippen molar-refractivity contribution < 1.29 is 0 Å². The van der Waals surface area contributed by atoms with E-state index in [1.54, 1.807) is 0 Å². The molecule has 0 aromatic rings. The number of rotatable bonds is 4. The van der Waals surface area contributed by atoms with E-state index in [0.717, 1.165) is 18.8 Å². The second-order valence-corrected chi connectivity index (χ2v) is 3.89. The summed E-state index contributed by atoms with van der Waals surface area (Å²) in [7, 11) is 0. The molecule has 0 aromatic heterocycles. The SMILES string of the molecule is C#CCCC(N)CC1CCCC1. The highest BCUT2D eigenvalue weighted by molar-refractivity contribution is 4.85. The van der Waals surface area contributed by atoms with Gasteiger partial charge in [-0.05, 0) is 18.8 Å². The summed E-state index contributed by atoms with van der Waals surface area (Å²) in [6, 6.07) is 0.351. The lowest BCUT2D eigenvalue weighted by atomic mass is 9.96. The highest BCUT2D eigenvalue weighted by Crippen LogP contribution is 2.28. The van der Waals surface area contributed by atoms with Crippen molar-refractivity contribution in [3.05, 3.63) is 0 Å². The van der Waals surface area contributed by atoms with E-state index in [1.165, 1.54) is 32.1 Å². The van der Waals surface area contributed by atoms with Crippen LogP contribution in [-0.2, 0) is 0 Å². The average Bonchev–Trinajstić information content (AvgIpc) is 2.53. The third-order valence-corrected chi connectivity index (χ3v) is 2.77. The number of terminal acetylenes is 1. The standard InChI is InChI=1S/C11H19N/c1-2-3-8-11(12)9-10-6-4-5-7-10/h1,10-11H,3-9,12H2. The molecule has 0 heterocycles. The van der Waals surface area contributed by atoms with E-state index < -0.39 is 0 Å². The first-order valence-electron chi connectivity index (χ1n) is 5.02. The predicted octanol–water partition coefficient (Wildman–Crippen LogP) is 2.31. The van der Waals surface area contributed by atoms with Crippen LogP contribution >= 0.6 is 0 Å². The summed E-state index contributed by atoms with van der Waals surface area (Å²) in [4.78, 5) is 0. The van der Waals surface area contributed by atoms with Crippen LogP contribution in [0.1, 0.15) is 44.9 Å². The molecule has 0 bridgehead atoms. The second-order valence-electron chi connectivity index (χ2n) is 3.89. The average molecular weight is 165 g/mol. The van der Waals surface area contributed by atoms with Crippen LogP contribution in [0.4, 0.5) is 0 Å². The first-order valence-corrected chi connectivity index (χ1v) is 5.02. The lowest BCUT2D eigenvalue weighted by Gasteiger charge is -2.14. The van der Waals surface area contributed by atoms with Gasteiger partial charge in [0.2, 0.25) is 0 Å². The lowest BCUT2D eigenvalue weighted by Crippen LogP contribution is -2.22. The molecule has 1 atom stereocenters. The second kappa shape index (κ2) is 5.22. The Labute approximate surface area is 75.7 Å². The first kappa shape index (κ1) is 9.61. The molecule has 12 heavy (non-hydrogen) atoms. The van der Waals surface area contributed by atoms with Gasteiger partial charge in [-0.15, -0.1) is 12.3 Å². The maximum Gasteiger partial charge on any atom is 0.0101 e. The first-order chi connectivity index (χ1) is 5.83. The summed E-state index contributed by atoms with van der Waals surface area (Å²) in [5.41, 5.74) is 5.94. The van der Waals surface area contributed by atoms with Crippen molar-refractivity contribution in [2.75, 3.05) is 0 Å². The van der Waals surface area contributed by atoms with Gasteiger partial charge >= 0.3 is 0 Å². The highest BCUT2D eigenvalue weighted by Gasteiger charge is 2.17. The Bertz CT molecular complexity index is 151. The largest absolute Gasteiger partial charge is 0.328 e. The molecular formula is C11H19N. The molecule has 0 amide bonds. The summed E-state index contributed by atoms with van der Waals surface area (Å²) < 4.78 is 0. The Hall–Kier alpha value is -0.480. The van der Waals surface area contributed by atoms with Crippen LogP contribution in [0.5, 0.6) is 0 Å². The van der Waals surface area contributed by atoms with E-state index in [-0.39, 0.29) is 0 Å². The van der Waals surface area contributed by atoms with Crippen LogP contribution in [0.15, 0.2) is 0 Å². The molecule has 1 unspecified atom stereocenters. The lowest BCUT2D eigenvalue weighted by molar-refractivity contribution is 0.430.